The molecule has 0 aliphatic carbocycles. The van der Waals surface area contributed by atoms with Crippen LogP contribution in [-0.4, -0.2) is 47.0 Å². The number of hydrogen-bond acceptors (Lipinski definition) is 6. The highest BCUT2D eigenvalue weighted by Crippen LogP contribution is 2.33. The van der Waals surface area contributed by atoms with E-state index in [1.165, 1.54) is 4.90 Å². The summed E-state index contributed by atoms with van der Waals surface area (Å²) in [5.74, 6) is 0.358. The Morgan fingerprint density at radius 3 is 2.56 bits per heavy atom. The van der Waals surface area contributed by atoms with Gasteiger partial charge in [-0.1, -0.05) is 42.4 Å². The molecule has 0 spiro atoms. The van der Waals surface area contributed by atoms with Gasteiger partial charge in [-0.05, 0) is 62.1 Å². The van der Waals surface area contributed by atoms with Crippen molar-refractivity contribution in [3.8, 4) is 5.75 Å². The van der Waals surface area contributed by atoms with Crippen LogP contribution < -0.4 is 4.74 Å². The summed E-state index contributed by atoms with van der Waals surface area (Å²) in [6.07, 6.45) is 0.227. The number of imide groups is 1. The molecule has 0 saturated carbocycles. The van der Waals surface area contributed by atoms with Crippen LogP contribution in [0.3, 0.4) is 0 Å². The quantitative estimate of drug-likeness (QED) is 0.645. The van der Waals surface area contributed by atoms with Crippen molar-refractivity contribution in [1.82, 2.24) is 4.90 Å². The summed E-state index contributed by atoms with van der Waals surface area (Å²) in [5.41, 5.74) is 1.74. The molecule has 2 heterocycles. The van der Waals surface area contributed by atoms with Crippen LogP contribution in [0.2, 0.25) is 0 Å². The molecule has 2 aliphatic rings. The lowest BCUT2D eigenvalue weighted by atomic mass is 9.91. The van der Waals surface area contributed by atoms with E-state index in [0.29, 0.717) is 18.7 Å². The van der Waals surface area contributed by atoms with Gasteiger partial charge in [0.2, 0.25) is 6.10 Å². The van der Waals surface area contributed by atoms with Gasteiger partial charge >= 0.3 is 6.09 Å². The first-order chi connectivity index (χ1) is 15.4. The van der Waals surface area contributed by atoms with Crippen LogP contribution in [-0.2, 0) is 20.8 Å². The maximum atomic E-state index is 13.3. The highest BCUT2D eigenvalue weighted by Gasteiger charge is 2.52. The molecule has 7 nitrogen and oxygen atoms in total. The van der Waals surface area contributed by atoms with Gasteiger partial charge in [-0.2, -0.15) is 0 Å². The number of rotatable bonds is 7. The molecule has 7 heteroatoms. The number of carbonyl (C=O) groups is 2. The smallest absolute Gasteiger partial charge is 0.417 e. The standard InChI is InChI=1S/C25H28N2O5/c1-4-14-30-19-12-10-18(11-13-19)20-16-21(32-26-20)23(28)27-22(25(2,3)31-24(27)29)15-17-8-6-5-7-9-17/h5-13,21-22H,4,14-16H2,1-3H3/t21-,22-/m0/s1. The third-order valence-corrected chi connectivity index (χ3v) is 5.78. The molecular weight excluding hydrogens is 408 g/mol. The van der Waals surface area contributed by atoms with Crippen molar-refractivity contribution in [3.05, 3.63) is 65.7 Å². The van der Waals surface area contributed by atoms with E-state index in [-0.39, 0.29) is 6.42 Å². The Morgan fingerprint density at radius 2 is 1.88 bits per heavy atom. The Bertz CT molecular complexity index is 1000. The van der Waals surface area contributed by atoms with Crippen molar-refractivity contribution in [2.24, 2.45) is 5.16 Å². The number of oxime groups is 1. The Labute approximate surface area is 187 Å². The summed E-state index contributed by atoms with van der Waals surface area (Å²) in [6, 6.07) is 16.9. The fraction of sp³-hybridized carbons (Fsp3) is 0.400. The second-order valence-corrected chi connectivity index (χ2v) is 8.59. The summed E-state index contributed by atoms with van der Waals surface area (Å²) < 4.78 is 11.2. The molecule has 0 unspecified atom stereocenters. The average Bonchev–Trinajstić information content (AvgIpc) is 3.36. The molecule has 0 radical (unpaired) electrons. The van der Waals surface area contributed by atoms with Crippen LogP contribution >= 0.6 is 0 Å². The van der Waals surface area contributed by atoms with Crippen molar-refractivity contribution >= 4 is 17.7 Å². The molecule has 1 fully saturated rings. The predicted octanol–water partition coefficient (Wildman–Crippen LogP) is 4.34. The zero-order valence-corrected chi connectivity index (χ0v) is 18.6. The monoisotopic (exact) mass is 436 g/mol. The first-order valence-electron chi connectivity index (χ1n) is 10.9. The topological polar surface area (TPSA) is 77.4 Å². The van der Waals surface area contributed by atoms with Crippen molar-refractivity contribution in [3.63, 3.8) is 0 Å². The molecule has 1 saturated heterocycles. The number of carbonyl (C=O) groups excluding carboxylic acids is 2. The Kier molecular flexibility index (Phi) is 6.17. The van der Waals surface area contributed by atoms with E-state index in [0.717, 1.165) is 23.3 Å². The van der Waals surface area contributed by atoms with E-state index >= 15 is 0 Å². The summed E-state index contributed by atoms with van der Waals surface area (Å²) in [4.78, 5) is 32.6. The first-order valence-corrected chi connectivity index (χ1v) is 10.9. The number of cyclic esters (lactones) is 1. The van der Waals surface area contributed by atoms with Gasteiger partial charge in [0.15, 0.2) is 0 Å². The lowest BCUT2D eigenvalue weighted by molar-refractivity contribution is -0.140. The number of benzene rings is 2. The van der Waals surface area contributed by atoms with Gasteiger partial charge in [0.1, 0.15) is 11.4 Å². The molecule has 0 N–H and O–H groups in total. The molecule has 2 aromatic rings. The van der Waals surface area contributed by atoms with Gasteiger partial charge in [-0.3, -0.25) is 4.79 Å². The zero-order chi connectivity index (χ0) is 22.7. The molecule has 4 rings (SSSR count). The van der Waals surface area contributed by atoms with Crippen molar-refractivity contribution in [2.75, 3.05) is 6.61 Å². The normalized spacial score (nSPS) is 21.7. The maximum Gasteiger partial charge on any atom is 0.417 e. The molecule has 2 aromatic carbocycles. The lowest BCUT2D eigenvalue weighted by Crippen LogP contribution is -2.49. The molecule has 32 heavy (non-hydrogen) atoms. The van der Waals surface area contributed by atoms with E-state index in [2.05, 4.69) is 12.1 Å². The molecule has 2 atom stereocenters. The summed E-state index contributed by atoms with van der Waals surface area (Å²) >= 11 is 0. The van der Waals surface area contributed by atoms with E-state index in [4.69, 9.17) is 14.3 Å². The fourth-order valence-corrected chi connectivity index (χ4v) is 4.00. The number of amides is 2. The minimum Gasteiger partial charge on any atom is -0.494 e. The van der Waals surface area contributed by atoms with Gasteiger partial charge in [-0.15, -0.1) is 0 Å². The number of hydrogen-bond donors (Lipinski definition) is 0. The number of ether oxygens (including phenoxy) is 2. The van der Waals surface area contributed by atoms with E-state index in [9.17, 15) is 9.59 Å². The van der Waals surface area contributed by atoms with Crippen LogP contribution in [0.1, 0.15) is 44.7 Å². The third-order valence-electron chi connectivity index (χ3n) is 5.78. The highest BCUT2D eigenvalue weighted by atomic mass is 16.6. The van der Waals surface area contributed by atoms with Crippen LogP contribution in [0.25, 0.3) is 0 Å². The maximum absolute atomic E-state index is 13.3. The SMILES string of the molecule is CCCOc1ccc(C2=NO[C@H](C(=O)N3C(=O)OC(C)(C)[C@@H]3Cc3ccccc3)C2)cc1. The van der Waals surface area contributed by atoms with E-state index in [1.807, 2.05) is 68.4 Å². The molecule has 168 valence electrons. The second kappa shape index (κ2) is 9.02. The second-order valence-electron chi connectivity index (χ2n) is 8.59. The average molecular weight is 437 g/mol. The van der Waals surface area contributed by atoms with E-state index in [1.54, 1.807) is 0 Å². The molecular formula is C25H28N2O5. The van der Waals surface area contributed by atoms with E-state index < -0.39 is 29.7 Å². The predicted molar refractivity (Wildman–Crippen MR) is 120 cm³/mol. The van der Waals surface area contributed by atoms with Gasteiger partial charge in [0.05, 0.1) is 18.4 Å². The Hall–Kier alpha value is -3.35. The Morgan fingerprint density at radius 1 is 1.16 bits per heavy atom. The van der Waals surface area contributed by atoms with Gasteiger partial charge in [0, 0.05) is 6.42 Å². The molecule has 0 aromatic heterocycles. The van der Waals surface area contributed by atoms with Crippen LogP contribution in [0.5, 0.6) is 5.75 Å². The van der Waals surface area contributed by atoms with Gasteiger partial charge in [0.25, 0.3) is 5.91 Å². The highest BCUT2D eigenvalue weighted by molar-refractivity contribution is 6.06. The van der Waals surface area contributed by atoms with Crippen molar-refractivity contribution in [1.29, 1.82) is 0 Å². The zero-order valence-electron chi connectivity index (χ0n) is 18.6. The molecule has 0 bridgehead atoms. The largest absolute Gasteiger partial charge is 0.494 e. The summed E-state index contributed by atoms with van der Waals surface area (Å²) in [5, 5.41) is 4.12. The number of nitrogens with zero attached hydrogens (tertiary/aromatic N) is 2. The minimum absolute atomic E-state index is 0.288. The van der Waals surface area contributed by atoms with Crippen molar-refractivity contribution < 1.29 is 23.9 Å². The fourth-order valence-electron chi connectivity index (χ4n) is 4.00. The minimum atomic E-state index is -0.860. The van der Waals surface area contributed by atoms with Crippen LogP contribution in [0.15, 0.2) is 59.8 Å². The molecule has 2 aliphatic heterocycles. The van der Waals surface area contributed by atoms with Crippen LogP contribution in [0.4, 0.5) is 4.79 Å². The summed E-state index contributed by atoms with van der Waals surface area (Å²) in [6.45, 7) is 6.36. The van der Waals surface area contributed by atoms with Gasteiger partial charge in [-0.25, -0.2) is 9.69 Å². The van der Waals surface area contributed by atoms with Gasteiger partial charge < -0.3 is 14.3 Å². The third kappa shape index (κ3) is 4.47. The Balaban J connectivity index is 1.46. The lowest BCUT2D eigenvalue weighted by Gasteiger charge is -2.28. The molecule has 2 amide bonds. The first kappa shape index (κ1) is 21.9. The van der Waals surface area contributed by atoms with Crippen LogP contribution in [0, 0.1) is 0 Å². The summed E-state index contributed by atoms with van der Waals surface area (Å²) in [7, 11) is 0. The van der Waals surface area contributed by atoms with Crippen molar-refractivity contribution in [2.45, 2.75) is 57.8 Å².